The smallest absolute Gasteiger partial charge is 0.336 e. The number of carbonyl (C=O) groups is 2. The third-order valence-corrected chi connectivity index (χ3v) is 7.77. The van der Waals surface area contributed by atoms with E-state index in [2.05, 4.69) is 29.2 Å². The first-order valence-electron chi connectivity index (χ1n) is 16.0. The van der Waals surface area contributed by atoms with Crippen LogP contribution in [0.2, 0.25) is 0 Å². The maximum atomic E-state index is 13.0. The van der Waals surface area contributed by atoms with Gasteiger partial charge in [-0.2, -0.15) is 0 Å². The first-order valence-corrected chi connectivity index (χ1v) is 16.0. The van der Waals surface area contributed by atoms with E-state index in [1.807, 2.05) is 26.0 Å². The number of hydrogen-bond donors (Lipinski definition) is 1. The Kier molecular flexibility index (Phi) is 16.3. The Morgan fingerprint density at radius 1 is 0.675 bits per heavy atom. The molecule has 6 nitrogen and oxygen atoms in total. The van der Waals surface area contributed by atoms with Crippen LogP contribution in [0.15, 0.2) is 47.1 Å². The van der Waals surface area contributed by atoms with Crippen LogP contribution in [-0.2, 0) is 25.6 Å². The van der Waals surface area contributed by atoms with E-state index in [0.717, 1.165) is 18.5 Å². The van der Waals surface area contributed by atoms with E-state index in [9.17, 15) is 9.59 Å². The molecule has 0 saturated heterocycles. The predicted molar refractivity (Wildman–Crippen MR) is 161 cm³/mol. The summed E-state index contributed by atoms with van der Waals surface area (Å²) >= 11 is 0. The lowest BCUT2D eigenvalue weighted by Gasteiger charge is -2.30. The number of dihydropyridines is 1. The second-order valence-electron chi connectivity index (χ2n) is 11.0. The number of rotatable bonds is 20. The maximum absolute atomic E-state index is 13.0. The molecular formula is C34H55N2O4+. The number of aryl methyl sites for hydroxylation is 1. The van der Waals surface area contributed by atoms with Gasteiger partial charge in [-0.25, -0.2) is 14.2 Å². The third-order valence-electron chi connectivity index (χ3n) is 7.77. The Balaban J connectivity index is 1.84. The number of hydrogen-bond acceptors (Lipinski definition) is 5. The number of nitrogens with zero attached hydrogens (tertiary/aromatic N) is 1. The van der Waals surface area contributed by atoms with Crippen molar-refractivity contribution in [1.29, 1.82) is 0 Å². The highest BCUT2D eigenvalue weighted by atomic mass is 16.5. The topological polar surface area (TPSA) is 68.5 Å². The molecule has 1 aliphatic heterocycles. The fourth-order valence-corrected chi connectivity index (χ4v) is 5.59. The summed E-state index contributed by atoms with van der Waals surface area (Å²) in [5.74, 6) is -1.35. The highest BCUT2D eigenvalue weighted by Crippen LogP contribution is 2.39. The molecule has 0 saturated carbocycles. The normalized spacial score (nSPS) is 13.9. The number of pyridine rings is 1. The summed E-state index contributed by atoms with van der Waals surface area (Å²) in [5.41, 5.74) is 3.20. The van der Waals surface area contributed by atoms with E-state index in [-0.39, 0.29) is 13.2 Å². The molecule has 40 heavy (non-hydrogen) atoms. The monoisotopic (exact) mass is 555 g/mol. The molecule has 0 fully saturated rings. The maximum Gasteiger partial charge on any atom is 0.336 e. The Hall–Kier alpha value is -2.63. The first-order chi connectivity index (χ1) is 19.4. The summed E-state index contributed by atoms with van der Waals surface area (Å²) in [6, 6.07) is 4.03. The van der Waals surface area contributed by atoms with Crippen molar-refractivity contribution in [1.82, 2.24) is 5.32 Å². The van der Waals surface area contributed by atoms with Crippen molar-refractivity contribution in [2.45, 2.75) is 137 Å². The molecule has 0 amide bonds. The van der Waals surface area contributed by atoms with Crippen molar-refractivity contribution in [2.24, 2.45) is 0 Å². The quantitative estimate of drug-likeness (QED) is 0.101. The molecule has 0 aromatic carbocycles. The molecule has 0 unspecified atom stereocenters. The molecule has 1 aromatic rings. The highest BCUT2D eigenvalue weighted by Gasteiger charge is 2.38. The van der Waals surface area contributed by atoms with Crippen molar-refractivity contribution in [2.75, 3.05) is 13.2 Å². The highest BCUT2D eigenvalue weighted by molar-refractivity contribution is 5.99. The van der Waals surface area contributed by atoms with E-state index in [0.29, 0.717) is 22.5 Å². The number of esters is 2. The summed E-state index contributed by atoms with van der Waals surface area (Å²) < 4.78 is 12.9. The van der Waals surface area contributed by atoms with Gasteiger partial charge in [0.15, 0.2) is 12.4 Å². The summed E-state index contributed by atoms with van der Waals surface area (Å²) in [5, 5.41) is 3.19. The molecule has 0 aliphatic carbocycles. The van der Waals surface area contributed by atoms with Crippen LogP contribution in [0.3, 0.4) is 0 Å². The molecule has 1 aromatic heterocycles. The fraction of sp³-hybridized carbons (Fsp3) is 0.676. The van der Waals surface area contributed by atoms with Gasteiger partial charge in [-0.15, -0.1) is 0 Å². The standard InChI is InChI=1S/C34H54N2O4/c1-6-9-10-11-12-13-14-15-16-17-18-19-20-21-24-36-25-22-29(23-26-36)32-30(33(37)39-7-2)27(4)35-28(5)31(32)34(38)40-8-3/h22-23,25-26,32H,6-21,24H2,1-5H3/p+1. The molecular weight excluding hydrogens is 500 g/mol. The lowest BCUT2D eigenvalue weighted by molar-refractivity contribution is -0.697. The van der Waals surface area contributed by atoms with Gasteiger partial charge >= 0.3 is 11.9 Å². The minimum absolute atomic E-state index is 0.272. The average molecular weight is 556 g/mol. The SMILES string of the molecule is CCCCCCCCCCCCCCCC[n+]1ccc(C2C(C(=O)OCC)=C(C)NC(C)=C2C(=O)OCC)cc1. The van der Waals surface area contributed by atoms with Crippen molar-refractivity contribution in [3.8, 4) is 0 Å². The van der Waals surface area contributed by atoms with Gasteiger partial charge in [0, 0.05) is 29.9 Å². The first kappa shape index (κ1) is 33.6. The van der Waals surface area contributed by atoms with Crippen LogP contribution >= 0.6 is 0 Å². The van der Waals surface area contributed by atoms with Gasteiger partial charge in [-0.3, -0.25) is 0 Å². The van der Waals surface area contributed by atoms with Gasteiger partial charge in [-0.1, -0.05) is 84.0 Å². The van der Waals surface area contributed by atoms with E-state index >= 15 is 0 Å². The molecule has 2 rings (SSSR count). The van der Waals surface area contributed by atoms with Gasteiger partial charge in [0.2, 0.25) is 0 Å². The van der Waals surface area contributed by atoms with Crippen molar-refractivity contribution < 1.29 is 23.6 Å². The molecule has 0 spiro atoms. The lowest BCUT2D eigenvalue weighted by atomic mass is 9.80. The number of ether oxygens (including phenoxy) is 2. The van der Waals surface area contributed by atoms with Crippen molar-refractivity contribution >= 4 is 11.9 Å². The zero-order valence-electron chi connectivity index (χ0n) is 26.0. The average Bonchev–Trinajstić information content (AvgIpc) is 2.93. The molecule has 0 atom stereocenters. The molecule has 0 bridgehead atoms. The van der Waals surface area contributed by atoms with Gasteiger partial charge in [0.1, 0.15) is 6.54 Å². The van der Waals surface area contributed by atoms with Crippen LogP contribution in [-0.4, -0.2) is 25.2 Å². The van der Waals surface area contributed by atoms with Gasteiger partial charge in [0.25, 0.3) is 0 Å². The second-order valence-corrected chi connectivity index (χ2v) is 11.0. The van der Waals surface area contributed by atoms with Crippen LogP contribution in [0, 0.1) is 0 Å². The Morgan fingerprint density at radius 2 is 1.07 bits per heavy atom. The lowest BCUT2D eigenvalue weighted by Crippen LogP contribution is -2.35. The molecule has 2 heterocycles. The molecule has 224 valence electrons. The fourth-order valence-electron chi connectivity index (χ4n) is 5.59. The molecule has 1 aliphatic rings. The van der Waals surface area contributed by atoms with Crippen LogP contribution in [0.5, 0.6) is 0 Å². The second kappa shape index (κ2) is 19.4. The number of unbranched alkanes of at least 4 members (excludes halogenated alkanes) is 13. The summed E-state index contributed by atoms with van der Waals surface area (Å²) in [6.07, 6.45) is 23.1. The van der Waals surface area contributed by atoms with Crippen molar-refractivity contribution in [3.63, 3.8) is 0 Å². The molecule has 0 radical (unpaired) electrons. The summed E-state index contributed by atoms with van der Waals surface area (Å²) in [7, 11) is 0. The number of carbonyl (C=O) groups excluding carboxylic acids is 2. The van der Waals surface area contributed by atoms with E-state index < -0.39 is 17.9 Å². The molecule has 1 N–H and O–H groups in total. The minimum Gasteiger partial charge on any atom is -0.463 e. The third kappa shape index (κ3) is 11.1. The zero-order chi connectivity index (χ0) is 29.2. The minimum atomic E-state index is -0.532. The van der Waals surface area contributed by atoms with Gasteiger partial charge in [-0.05, 0) is 39.7 Å². The van der Waals surface area contributed by atoms with Crippen LogP contribution in [0.25, 0.3) is 0 Å². The van der Waals surface area contributed by atoms with E-state index in [4.69, 9.17) is 9.47 Å². The van der Waals surface area contributed by atoms with Crippen molar-refractivity contribution in [3.05, 3.63) is 52.6 Å². The zero-order valence-corrected chi connectivity index (χ0v) is 26.0. The summed E-state index contributed by atoms with van der Waals surface area (Å²) in [6.45, 7) is 11.1. The van der Waals surface area contributed by atoms with Crippen LogP contribution in [0.4, 0.5) is 0 Å². The number of allylic oxidation sites excluding steroid dienone is 2. The van der Waals surface area contributed by atoms with E-state index in [1.165, 1.54) is 83.5 Å². The van der Waals surface area contributed by atoms with Crippen LogP contribution in [0.1, 0.15) is 136 Å². The number of aromatic nitrogens is 1. The largest absolute Gasteiger partial charge is 0.463 e. The van der Waals surface area contributed by atoms with Gasteiger partial charge < -0.3 is 14.8 Å². The summed E-state index contributed by atoms with van der Waals surface area (Å²) in [4.78, 5) is 25.9. The van der Waals surface area contributed by atoms with Gasteiger partial charge in [0.05, 0.1) is 30.3 Å². The van der Waals surface area contributed by atoms with E-state index in [1.54, 1.807) is 13.8 Å². The Bertz CT molecular complexity index is 925. The Morgan fingerprint density at radius 3 is 1.48 bits per heavy atom. The predicted octanol–water partition coefficient (Wildman–Crippen LogP) is 7.82. The molecule has 6 heteroatoms. The Labute approximate surface area is 243 Å². The number of nitrogens with one attached hydrogen (secondary N) is 1. The van der Waals surface area contributed by atoms with Crippen LogP contribution < -0.4 is 9.88 Å².